The quantitative estimate of drug-likeness (QED) is 0.602. The molecule has 6 nitrogen and oxygen atoms in total. The van der Waals surface area contributed by atoms with Crippen molar-refractivity contribution in [3.05, 3.63) is 50.1 Å². The molecule has 0 aliphatic carbocycles. The summed E-state index contributed by atoms with van der Waals surface area (Å²) >= 11 is 7.68. The summed E-state index contributed by atoms with van der Waals surface area (Å²) in [5, 5.41) is 4.74. The van der Waals surface area contributed by atoms with Gasteiger partial charge in [0.1, 0.15) is 4.83 Å². The van der Waals surface area contributed by atoms with Gasteiger partial charge >= 0.3 is 0 Å². The minimum atomic E-state index is -0.0179. The van der Waals surface area contributed by atoms with Crippen LogP contribution in [0.2, 0.25) is 5.02 Å². The Morgan fingerprint density at radius 3 is 2.82 bits per heavy atom. The summed E-state index contributed by atoms with van der Waals surface area (Å²) in [5.74, 6) is 0.573. The van der Waals surface area contributed by atoms with Gasteiger partial charge in [-0.15, -0.1) is 11.3 Å². The minimum Gasteiger partial charge on any atom is -0.355 e. The molecule has 148 valence electrons. The molecule has 0 unspecified atom stereocenters. The van der Waals surface area contributed by atoms with Crippen LogP contribution in [0.3, 0.4) is 0 Å². The number of thiophene rings is 1. The van der Waals surface area contributed by atoms with E-state index in [1.165, 1.54) is 4.88 Å². The lowest BCUT2D eigenvalue weighted by Crippen LogP contribution is -2.27. The second kappa shape index (κ2) is 8.21. The molecule has 3 aromatic rings. The van der Waals surface area contributed by atoms with Crippen molar-refractivity contribution < 1.29 is 0 Å². The Bertz CT molecular complexity index is 1040. The molecule has 0 spiro atoms. The van der Waals surface area contributed by atoms with E-state index in [0.717, 1.165) is 60.4 Å². The fraction of sp³-hybridized carbons (Fsp3) is 0.400. The smallest absolute Gasteiger partial charge is 0.268 e. The van der Waals surface area contributed by atoms with Crippen LogP contribution < -0.4 is 16.6 Å². The van der Waals surface area contributed by atoms with Crippen molar-refractivity contribution in [2.45, 2.75) is 25.8 Å². The molecule has 8 heteroatoms. The topological polar surface area (TPSA) is 76.2 Å². The summed E-state index contributed by atoms with van der Waals surface area (Å²) in [4.78, 5) is 22.8. The molecule has 0 radical (unpaired) electrons. The average molecular weight is 418 g/mol. The fourth-order valence-corrected chi connectivity index (χ4v) is 5.00. The number of fused-ring (bicyclic) bond motifs is 3. The van der Waals surface area contributed by atoms with Gasteiger partial charge < -0.3 is 16.0 Å². The lowest BCUT2D eigenvalue weighted by Gasteiger charge is -2.21. The standard InChI is InChI=1S/C20H24ClN5OS/c1-25-11-8-15-16(12-25)28-18-17(15)19(27)26(14-6-4-13(21)5-7-14)20(24-18)23-10-3-2-9-22/h4-7H,2-3,8-12,22H2,1H3,(H,23,24). The zero-order valence-corrected chi connectivity index (χ0v) is 17.4. The van der Waals surface area contributed by atoms with Gasteiger partial charge in [-0.25, -0.2) is 9.55 Å². The number of nitrogens with two attached hydrogens (primary N) is 1. The van der Waals surface area contributed by atoms with Gasteiger partial charge in [-0.1, -0.05) is 11.6 Å². The zero-order chi connectivity index (χ0) is 19.7. The first-order valence-electron chi connectivity index (χ1n) is 9.54. The molecule has 0 saturated carbocycles. The number of nitrogens with zero attached hydrogens (tertiary/aromatic N) is 3. The molecule has 3 heterocycles. The second-order valence-electron chi connectivity index (χ2n) is 7.15. The van der Waals surface area contributed by atoms with E-state index in [4.69, 9.17) is 22.3 Å². The van der Waals surface area contributed by atoms with Gasteiger partial charge in [0, 0.05) is 29.5 Å². The molecule has 1 aliphatic rings. The van der Waals surface area contributed by atoms with Gasteiger partial charge in [0.15, 0.2) is 0 Å². The van der Waals surface area contributed by atoms with Crippen LogP contribution in [0, 0.1) is 0 Å². The Morgan fingerprint density at radius 1 is 1.29 bits per heavy atom. The van der Waals surface area contributed by atoms with Gasteiger partial charge in [0.25, 0.3) is 5.56 Å². The number of anilines is 1. The normalized spacial score (nSPS) is 14.4. The summed E-state index contributed by atoms with van der Waals surface area (Å²) in [6, 6.07) is 7.30. The third-order valence-electron chi connectivity index (χ3n) is 5.06. The predicted molar refractivity (Wildman–Crippen MR) is 117 cm³/mol. The van der Waals surface area contributed by atoms with Gasteiger partial charge in [0.2, 0.25) is 5.95 Å². The predicted octanol–water partition coefficient (Wildman–Crippen LogP) is 3.24. The number of likely N-dealkylation sites (N-methyl/N-ethyl adjacent to an activating group) is 1. The highest BCUT2D eigenvalue weighted by Crippen LogP contribution is 2.33. The number of hydrogen-bond acceptors (Lipinski definition) is 6. The number of halogens is 1. The highest BCUT2D eigenvalue weighted by atomic mass is 35.5. The maximum Gasteiger partial charge on any atom is 0.268 e. The molecule has 1 aliphatic heterocycles. The third kappa shape index (κ3) is 3.67. The summed E-state index contributed by atoms with van der Waals surface area (Å²) in [7, 11) is 2.11. The van der Waals surface area contributed by atoms with Crippen molar-refractivity contribution in [2.75, 3.05) is 32.0 Å². The van der Waals surface area contributed by atoms with E-state index in [1.807, 2.05) is 12.1 Å². The lowest BCUT2D eigenvalue weighted by molar-refractivity contribution is 0.318. The molecule has 3 N–H and O–H groups in total. The number of nitrogens with one attached hydrogen (secondary N) is 1. The van der Waals surface area contributed by atoms with E-state index in [-0.39, 0.29) is 5.56 Å². The Kier molecular flexibility index (Phi) is 5.68. The highest BCUT2D eigenvalue weighted by Gasteiger charge is 2.24. The Hall–Kier alpha value is -1.93. The number of hydrogen-bond donors (Lipinski definition) is 2. The Morgan fingerprint density at radius 2 is 2.07 bits per heavy atom. The Balaban J connectivity index is 1.86. The van der Waals surface area contributed by atoms with Crippen LogP contribution >= 0.6 is 22.9 Å². The second-order valence-corrected chi connectivity index (χ2v) is 8.67. The molecule has 1 aromatic carbocycles. The van der Waals surface area contributed by atoms with Crippen molar-refractivity contribution in [1.82, 2.24) is 14.5 Å². The molecule has 0 bridgehead atoms. The van der Waals surface area contributed by atoms with Crippen LogP contribution in [0.25, 0.3) is 15.9 Å². The minimum absolute atomic E-state index is 0.0179. The van der Waals surface area contributed by atoms with Crippen LogP contribution in [0.15, 0.2) is 29.1 Å². The zero-order valence-electron chi connectivity index (χ0n) is 15.9. The van der Waals surface area contributed by atoms with Crippen LogP contribution in [0.4, 0.5) is 5.95 Å². The average Bonchev–Trinajstić information content (AvgIpc) is 3.04. The summed E-state index contributed by atoms with van der Waals surface area (Å²) in [5.41, 5.74) is 7.50. The fourth-order valence-electron chi connectivity index (χ4n) is 3.59. The summed E-state index contributed by atoms with van der Waals surface area (Å²) in [6.45, 7) is 3.20. The molecule has 2 aromatic heterocycles. The SMILES string of the molecule is CN1CCc2c(sc3nc(NCCCCN)n(-c4ccc(Cl)cc4)c(=O)c23)C1. The van der Waals surface area contributed by atoms with Crippen molar-refractivity contribution in [1.29, 1.82) is 0 Å². The molecule has 0 saturated heterocycles. The maximum absolute atomic E-state index is 13.6. The van der Waals surface area contributed by atoms with Gasteiger partial charge in [-0.3, -0.25) is 4.79 Å². The van der Waals surface area contributed by atoms with Crippen molar-refractivity contribution in [3.8, 4) is 5.69 Å². The van der Waals surface area contributed by atoms with E-state index in [1.54, 1.807) is 28.0 Å². The molecule has 0 amide bonds. The molecule has 0 atom stereocenters. The molecule has 4 rings (SSSR count). The van der Waals surface area contributed by atoms with Crippen LogP contribution in [-0.4, -0.2) is 41.1 Å². The maximum atomic E-state index is 13.6. The third-order valence-corrected chi connectivity index (χ3v) is 6.43. The number of aromatic nitrogens is 2. The lowest BCUT2D eigenvalue weighted by atomic mass is 10.1. The van der Waals surface area contributed by atoms with Gasteiger partial charge in [-0.05, 0) is 62.7 Å². The summed E-state index contributed by atoms with van der Waals surface area (Å²) in [6.07, 6.45) is 2.74. The van der Waals surface area contributed by atoms with Gasteiger partial charge in [0.05, 0.1) is 11.1 Å². The molecule has 28 heavy (non-hydrogen) atoms. The van der Waals surface area contributed by atoms with E-state index in [0.29, 0.717) is 17.5 Å². The van der Waals surface area contributed by atoms with E-state index in [9.17, 15) is 4.79 Å². The van der Waals surface area contributed by atoms with Crippen LogP contribution in [-0.2, 0) is 13.0 Å². The van der Waals surface area contributed by atoms with Crippen molar-refractivity contribution in [3.63, 3.8) is 0 Å². The monoisotopic (exact) mass is 417 g/mol. The molecular formula is C20H24ClN5OS. The first-order valence-corrected chi connectivity index (χ1v) is 10.7. The number of rotatable bonds is 6. The van der Waals surface area contributed by atoms with E-state index >= 15 is 0 Å². The van der Waals surface area contributed by atoms with Crippen LogP contribution in [0.5, 0.6) is 0 Å². The van der Waals surface area contributed by atoms with Gasteiger partial charge in [-0.2, -0.15) is 0 Å². The largest absolute Gasteiger partial charge is 0.355 e. The van der Waals surface area contributed by atoms with Crippen LogP contribution in [0.1, 0.15) is 23.3 Å². The summed E-state index contributed by atoms with van der Waals surface area (Å²) < 4.78 is 1.67. The number of benzene rings is 1. The highest BCUT2D eigenvalue weighted by molar-refractivity contribution is 7.18. The first kappa shape index (κ1) is 19.4. The molecule has 0 fully saturated rings. The van der Waals surface area contributed by atoms with Crippen molar-refractivity contribution >= 4 is 39.1 Å². The first-order chi connectivity index (χ1) is 13.6. The number of unbranched alkanes of at least 4 members (excludes halogenated alkanes) is 1. The Labute approximate surface area is 172 Å². The molecular weight excluding hydrogens is 394 g/mol. The van der Waals surface area contributed by atoms with E-state index < -0.39 is 0 Å². The van der Waals surface area contributed by atoms with E-state index in [2.05, 4.69) is 17.3 Å². The van der Waals surface area contributed by atoms with Crippen molar-refractivity contribution in [2.24, 2.45) is 5.73 Å².